The van der Waals surface area contributed by atoms with Crippen molar-refractivity contribution in [1.29, 1.82) is 0 Å². The van der Waals surface area contributed by atoms with Gasteiger partial charge in [0.1, 0.15) is 0 Å². The van der Waals surface area contributed by atoms with E-state index in [0.29, 0.717) is 16.5 Å². The number of nitrogens with one attached hydrogen (secondary N) is 1. The van der Waals surface area contributed by atoms with Crippen molar-refractivity contribution in [3.05, 3.63) is 28.2 Å². The van der Waals surface area contributed by atoms with E-state index in [9.17, 15) is 13.2 Å². The Bertz CT molecular complexity index is 605. The van der Waals surface area contributed by atoms with Crippen molar-refractivity contribution in [3.8, 4) is 0 Å². The SMILES string of the molecule is CC(C)(C)NS(=O)(=O)c1cc(CCC(=O)O)ccc1Br. The molecule has 0 aliphatic rings. The van der Waals surface area contributed by atoms with E-state index in [-0.39, 0.29) is 11.3 Å². The fourth-order valence-electron chi connectivity index (χ4n) is 1.62. The molecule has 0 radical (unpaired) electrons. The summed E-state index contributed by atoms with van der Waals surface area (Å²) >= 11 is 3.22. The lowest BCUT2D eigenvalue weighted by atomic mass is 10.1. The van der Waals surface area contributed by atoms with Crippen LogP contribution in [-0.4, -0.2) is 25.0 Å². The van der Waals surface area contributed by atoms with Crippen LogP contribution in [0.4, 0.5) is 0 Å². The third kappa shape index (κ3) is 5.22. The zero-order valence-corrected chi connectivity index (χ0v) is 14.0. The number of carbonyl (C=O) groups is 1. The van der Waals surface area contributed by atoms with Crippen molar-refractivity contribution >= 4 is 31.9 Å². The van der Waals surface area contributed by atoms with E-state index in [1.165, 1.54) is 6.07 Å². The molecule has 1 rings (SSSR count). The molecule has 0 amide bonds. The Morgan fingerprint density at radius 3 is 2.45 bits per heavy atom. The summed E-state index contributed by atoms with van der Waals surface area (Å²) in [6.07, 6.45) is 0.258. The monoisotopic (exact) mass is 363 g/mol. The van der Waals surface area contributed by atoms with Crippen molar-refractivity contribution in [2.24, 2.45) is 0 Å². The van der Waals surface area contributed by atoms with Crippen LogP contribution in [0.15, 0.2) is 27.6 Å². The molecular formula is C13H18BrNO4S. The van der Waals surface area contributed by atoms with Gasteiger partial charge in [0.25, 0.3) is 0 Å². The van der Waals surface area contributed by atoms with E-state index >= 15 is 0 Å². The fourth-order valence-corrected chi connectivity index (χ4v) is 4.05. The van der Waals surface area contributed by atoms with Crippen LogP contribution in [0.3, 0.4) is 0 Å². The number of hydrogen-bond acceptors (Lipinski definition) is 3. The van der Waals surface area contributed by atoms with Crippen molar-refractivity contribution in [2.75, 3.05) is 0 Å². The first kappa shape index (κ1) is 17.1. The Balaban J connectivity index is 3.11. The van der Waals surface area contributed by atoms with Gasteiger partial charge in [-0.3, -0.25) is 4.79 Å². The van der Waals surface area contributed by atoms with E-state index in [0.717, 1.165) is 0 Å². The highest BCUT2D eigenvalue weighted by molar-refractivity contribution is 9.10. The van der Waals surface area contributed by atoms with Gasteiger partial charge < -0.3 is 5.11 Å². The van der Waals surface area contributed by atoms with Crippen LogP contribution < -0.4 is 4.72 Å². The average molecular weight is 364 g/mol. The summed E-state index contributed by atoms with van der Waals surface area (Å²) in [6.45, 7) is 5.27. The number of sulfonamides is 1. The molecule has 0 aromatic heterocycles. The maximum Gasteiger partial charge on any atom is 0.303 e. The quantitative estimate of drug-likeness (QED) is 0.841. The predicted octanol–water partition coefficient (Wildman–Crippen LogP) is 2.54. The number of carboxylic acid groups (broad SMARTS) is 1. The van der Waals surface area contributed by atoms with Crippen LogP contribution in [0.5, 0.6) is 0 Å². The summed E-state index contributed by atoms with van der Waals surface area (Å²) in [7, 11) is -3.65. The van der Waals surface area contributed by atoms with Gasteiger partial charge in [-0.15, -0.1) is 0 Å². The van der Waals surface area contributed by atoms with Gasteiger partial charge in [0.2, 0.25) is 10.0 Å². The first-order chi connectivity index (χ1) is 9.01. The lowest BCUT2D eigenvalue weighted by Gasteiger charge is -2.21. The molecule has 0 saturated heterocycles. The van der Waals surface area contributed by atoms with Gasteiger partial charge in [-0.05, 0) is 60.8 Å². The second kappa shape index (κ2) is 6.24. The number of hydrogen-bond donors (Lipinski definition) is 2. The normalized spacial score (nSPS) is 12.4. The number of carboxylic acids is 1. The molecular weight excluding hydrogens is 346 g/mol. The summed E-state index contributed by atoms with van der Waals surface area (Å²) in [5, 5.41) is 8.67. The zero-order valence-electron chi connectivity index (χ0n) is 11.6. The number of halogens is 1. The lowest BCUT2D eigenvalue weighted by Crippen LogP contribution is -2.40. The number of aliphatic carboxylic acids is 1. The Morgan fingerprint density at radius 1 is 1.35 bits per heavy atom. The minimum Gasteiger partial charge on any atom is -0.481 e. The summed E-state index contributed by atoms with van der Waals surface area (Å²) in [5.41, 5.74) is 0.0832. The molecule has 0 aliphatic heterocycles. The Kier molecular flexibility index (Phi) is 5.34. The van der Waals surface area contributed by atoms with Crippen LogP contribution in [0, 0.1) is 0 Å². The summed E-state index contributed by atoms with van der Waals surface area (Å²) in [5.74, 6) is -0.912. The standard InChI is InChI=1S/C13H18BrNO4S/c1-13(2,3)15-20(18,19)11-8-9(4-6-10(11)14)5-7-12(16)17/h4,6,8,15H,5,7H2,1-3H3,(H,16,17). The summed E-state index contributed by atoms with van der Waals surface area (Å²) in [6, 6.07) is 4.83. The first-order valence-electron chi connectivity index (χ1n) is 6.05. The van der Waals surface area contributed by atoms with E-state index in [4.69, 9.17) is 5.11 Å². The molecule has 0 aliphatic carbocycles. The molecule has 0 spiro atoms. The topological polar surface area (TPSA) is 83.5 Å². The Hall–Kier alpha value is -0.920. The molecule has 0 heterocycles. The van der Waals surface area contributed by atoms with Crippen molar-refractivity contribution in [3.63, 3.8) is 0 Å². The number of aryl methyl sites for hydroxylation is 1. The largest absolute Gasteiger partial charge is 0.481 e. The second-order valence-electron chi connectivity index (χ2n) is 5.51. The maximum atomic E-state index is 12.3. The molecule has 2 N–H and O–H groups in total. The predicted molar refractivity (Wildman–Crippen MR) is 80.2 cm³/mol. The van der Waals surface area contributed by atoms with Crippen LogP contribution >= 0.6 is 15.9 Å². The van der Waals surface area contributed by atoms with Crippen molar-refractivity contribution in [2.45, 2.75) is 44.0 Å². The average Bonchev–Trinajstić information content (AvgIpc) is 2.24. The Labute approximate surface area is 127 Å². The van der Waals surface area contributed by atoms with Gasteiger partial charge in [-0.1, -0.05) is 6.07 Å². The third-order valence-corrected chi connectivity index (χ3v) is 5.11. The van der Waals surface area contributed by atoms with E-state index in [1.807, 2.05) is 0 Å². The molecule has 1 aromatic carbocycles. The van der Waals surface area contributed by atoms with E-state index in [1.54, 1.807) is 32.9 Å². The highest BCUT2D eigenvalue weighted by Crippen LogP contribution is 2.25. The Morgan fingerprint density at radius 2 is 1.95 bits per heavy atom. The van der Waals surface area contributed by atoms with Gasteiger partial charge in [0, 0.05) is 16.4 Å². The fraction of sp³-hybridized carbons (Fsp3) is 0.462. The van der Waals surface area contributed by atoms with Crippen LogP contribution in [0.25, 0.3) is 0 Å². The van der Waals surface area contributed by atoms with Crippen molar-refractivity contribution < 1.29 is 18.3 Å². The molecule has 7 heteroatoms. The zero-order chi connectivity index (χ0) is 15.6. The highest BCUT2D eigenvalue weighted by Gasteiger charge is 2.24. The maximum absolute atomic E-state index is 12.3. The second-order valence-corrected chi connectivity index (χ2v) is 8.02. The van der Waals surface area contributed by atoms with E-state index in [2.05, 4.69) is 20.7 Å². The van der Waals surface area contributed by atoms with Crippen molar-refractivity contribution in [1.82, 2.24) is 4.72 Å². The van der Waals surface area contributed by atoms with Gasteiger partial charge in [-0.25, -0.2) is 13.1 Å². The van der Waals surface area contributed by atoms with Crippen LogP contribution in [-0.2, 0) is 21.2 Å². The van der Waals surface area contributed by atoms with Crippen LogP contribution in [0.1, 0.15) is 32.8 Å². The third-order valence-electron chi connectivity index (χ3n) is 2.35. The van der Waals surface area contributed by atoms with Gasteiger partial charge in [0.15, 0.2) is 0 Å². The van der Waals surface area contributed by atoms with E-state index < -0.39 is 21.5 Å². The molecule has 0 fully saturated rings. The molecule has 0 unspecified atom stereocenters. The highest BCUT2D eigenvalue weighted by atomic mass is 79.9. The summed E-state index contributed by atoms with van der Waals surface area (Å²) in [4.78, 5) is 10.7. The first-order valence-corrected chi connectivity index (χ1v) is 8.33. The minimum atomic E-state index is -3.65. The number of benzene rings is 1. The summed E-state index contributed by atoms with van der Waals surface area (Å²) < 4.78 is 27.6. The van der Waals surface area contributed by atoms with Gasteiger partial charge in [-0.2, -0.15) is 0 Å². The van der Waals surface area contributed by atoms with Gasteiger partial charge >= 0.3 is 5.97 Å². The molecule has 112 valence electrons. The smallest absolute Gasteiger partial charge is 0.303 e. The minimum absolute atomic E-state index is 0.0339. The molecule has 0 saturated carbocycles. The van der Waals surface area contributed by atoms with Crippen LogP contribution in [0.2, 0.25) is 0 Å². The number of rotatable bonds is 5. The lowest BCUT2D eigenvalue weighted by molar-refractivity contribution is -0.136. The molecule has 20 heavy (non-hydrogen) atoms. The van der Waals surface area contributed by atoms with Gasteiger partial charge in [0.05, 0.1) is 4.90 Å². The molecule has 5 nitrogen and oxygen atoms in total. The molecule has 0 atom stereocenters. The molecule has 0 bridgehead atoms. The molecule has 1 aromatic rings.